The number of urea groups is 1. The molecule has 0 radical (unpaired) electrons. The van der Waals surface area contributed by atoms with Gasteiger partial charge in [-0.05, 0) is 62.9 Å². The lowest BCUT2D eigenvalue weighted by Crippen LogP contribution is -2.40. The lowest BCUT2D eigenvalue weighted by Gasteiger charge is -2.29. The molecule has 0 saturated carbocycles. The molecule has 0 saturated heterocycles. The number of hydrogen-bond donors (Lipinski definition) is 1. The topological polar surface area (TPSA) is 75.7 Å². The summed E-state index contributed by atoms with van der Waals surface area (Å²) in [7, 11) is -3.56. The minimum Gasteiger partial charge on any atom is -0.382 e. The first-order chi connectivity index (χ1) is 13.7. The minimum atomic E-state index is -3.56. The van der Waals surface area contributed by atoms with E-state index in [2.05, 4.69) is 5.32 Å². The molecule has 0 aliphatic rings. The van der Waals surface area contributed by atoms with Crippen LogP contribution >= 0.6 is 0 Å². The molecule has 0 heterocycles. The van der Waals surface area contributed by atoms with Gasteiger partial charge >= 0.3 is 16.1 Å². The second-order valence-electron chi connectivity index (χ2n) is 7.16. The summed E-state index contributed by atoms with van der Waals surface area (Å²) in [5.41, 5.74) is 3.75. The normalized spacial score (nSPS) is 12.3. The molecular weight excluding hydrogens is 388 g/mol. The van der Waals surface area contributed by atoms with Gasteiger partial charge in [-0.2, -0.15) is 8.42 Å². The second-order valence-corrected chi connectivity index (χ2v) is 9.02. The highest BCUT2D eigenvalue weighted by atomic mass is 32.2. The van der Waals surface area contributed by atoms with E-state index >= 15 is 0 Å². The molecular formula is C22H30N2O4S. The van der Waals surface area contributed by atoms with Crippen LogP contribution in [0.5, 0.6) is 5.75 Å². The molecule has 0 aliphatic heterocycles. The van der Waals surface area contributed by atoms with E-state index in [1.54, 1.807) is 29.2 Å². The number of benzene rings is 2. The summed E-state index contributed by atoms with van der Waals surface area (Å²) in [6.45, 7) is 9.93. The van der Waals surface area contributed by atoms with Crippen molar-refractivity contribution in [1.82, 2.24) is 4.90 Å². The van der Waals surface area contributed by atoms with Gasteiger partial charge < -0.3 is 14.4 Å². The van der Waals surface area contributed by atoms with Crippen LogP contribution < -0.4 is 9.50 Å². The zero-order chi connectivity index (χ0) is 21.6. The van der Waals surface area contributed by atoms with Gasteiger partial charge in [0.05, 0.1) is 5.75 Å². The summed E-state index contributed by atoms with van der Waals surface area (Å²) >= 11 is 0. The van der Waals surface area contributed by atoms with Gasteiger partial charge in [0.25, 0.3) is 0 Å². The number of aryl methyl sites for hydroxylation is 2. The van der Waals surface area contributed by atoms with E-state index in [0.717, 1.165) is 28.8 Å². The zero-order valence-corrected chi connectivity index (χ0v) is 18.5. The van der Waals surface area contributed by atoms with E-state index < -0.39 is 10.1 Å². The predicted octanol–water partition coefficient (Wildman–Crippen LogP) is 4.86. The summed E-state index contributed by atoms with van der Waals surface area (Å²) in [4.78, 5) is 14.8. The molecule has 2 aromatic rings. The van der Waals surface area contributed by atoms with Crippen LogP contribution in [0.15, 0.2) is 42.5 Å². The van der Waals surface area contributed by atoms with Gasteiger partial charge in [-0.25, -0.2) is 4.79 Å². The van der Waals surface area contributed by atoms with Gasteiger partial charge in [0.1, 0.15) is 5.75 Å². The Labute approximate surface area is 174 Å². The molecule has 2 aromatic carbocycles. The maximum Gasteiger partial charge on any atom is 0.322 e. The van der Waals surface area contributed by atoms with Gasteiger partial charge in [-0.1, -0.05) is 37.3 Å². The first-order valence-electron chi connectivity index (χ1n) is 9.81. The van der Waals surface area contributed by atoms with Crippen molar-refractivity contribution in [3.63, 3.8) is 0 Å². The number of carbonyl (C=O) groups is 1. The third kappa shape index (κ3) is 6.22. The number of amides is 2. The number of nitrogens with one attached hydrogen (secondary N) is 1. The summed E-state index contributed by atoms with van der Waals surface area (Å²) in [6, 6.07) is 12.6. The molecule has 2 amide bonds. The average Bonchev–Trinajstić information content (AvgIpc) is 2.69. The molecule has 158 valence electrons. The minimum absolute atomic E-state index is 0.0377. The Morgan fingerprint density at radius 2 is 1.66 bits per heavy atom. The Balaban J connectivity index is 2.17. The van der Waals surface area contributed by atoms with Gasteiger partial charge in [0, 0.05) is 18.3 Å². The van der Waals surface area contributed by atoms with E-state index in [1.165, 1.54) is 6.92 Å². The van der Waals surface area contributed by atoms with Crippen LogP contribution in [0.4, 0.5) is 10.5 Å². The fourth-order valence-corrected chi connectivity index (χ4v) is 3.41. The fraction of sp³-hybridized carbons (Fsp3) is 0.409. The molecule has 0 fully saturated rings. The molecule has 7 heteroatoms. The highest BCUT2D eigenvalue weighted by molar-refractivity contribution is 7.87. The van der Waals surface area contributed by atoms with Crippen LogP contribution in [0.1, 0.15) is 43.9 Å². The molecule has 1 unspecified atom stereocenters. The first-order valence-corrected chi connectivity index (χ1v) is 11.4. The first kappa shape index (κ1) is 22.7. The highest BCUT2D eigenvalue weighted by Gasteiger charge is 2.21. The number of hydrogen-bond acceptors (Lipinski definition) is 4. The molecule has 0 bridgehead atoms. The lowest BCUT2D eigenvalue weighted by atomic mass is 10.1. The van der Waals surface area contributed by atoms with Crippen LogP contribution in [-0.2, 0) is 16.7 Å². The monoisotopic (exact) mass is 418 g/mol. The maximum absolute atomic E-state index is 13.0. The molecule has 0 spiro atoms. The molecule has 6 nitrogen and oxygen atoms in total. The maximum atomic E-state index is 13.0. The molecule has 0 aromatic heterocycles. The Bertz CT molecular complexity index is 920. The van der Waals surface area contributed by atoms with E-state index in [4.69, 9.17) is 4.18 Å². The summed E-state index contributed by atoms with van der Waals surface area (Å²) < 4.78 is 28.2. The van der Waals surface area contributed by atoms with Crippen molar-refractivity contribution >= 4 is 21.8 Å². The Kier molecular flexibility index (Phi) is 7.67. The molecule has 2 rings (SSSR count). The average molecular weight is 419 g/mol. The van der Waals surface area contributed by atoms with E-state index in [0.29, 0.717) is 6.54 Å². The summed E-state index contributed by atoms with van der Waals surface area (Å²) in [6.07, 6.45) is 0.816. The van der Waals surface area contributed by atoms with Gasteiger partial charge in [0.15, 0.2) is 0 Å². The molecule has 1 N–H and O–H groups in total. The SMILES string of the molecule is CCC(C)N(Cc1ccc(OS(=O)(=O)CC)cc1)C(=O)Nc1c(C)cccc1C. The van der Waals surface area contributed by atoms with Gasteiger partial charge in [-0.15, -0.1) is 0 Å². The Hall–Kier alpha value is -2.54. The smallest absolute Gasteiger partial charge is 0.322 e. The van der Waals surface area contributed by atoms with E-state index in [-0.39, 0.29) is 23.6 Å². The second kappa shape index (κ2) is 9.78. The van der Waals surface area contributed by atoms with Crippen molar-refractivity contribution in [2.45, 2.75) is 53.6 Å². The van der Waals surface area contributed by atoms with Crippen molar-refractivity contribution in [3.05, 3.63) is 59.2 Å². The van der Waals surface area contributed by atoms with Crippen LogP contribution in [0.2, 0.25) is 0 Å². The van der Waals surface area contributed by atoms with Crippen LogP contribution in [0, 0.1) is 13.8 Å². The van der Waals surface area contributed by atoms with Crippen LogP contribution in [-0.4, -0.2) is 31.1 Å². The van der Waals surface area contributed by atoms with Gasteiger partial charge in [0.2, 0.25) is 0 Å². The number of para-hydroxylation sites is 1. The lowest BCUT2D eigenvalue weighted by molar-refractivity contribution is 0.187. The number of nitrogens with zero attached hydrogens (tertiary/aromatic N) is 1. The Morgan fingerprint density at radius 1 is 1.07 bits per heavy atom. The quantitative estimate of drug-likeness (QED) is 0.621. The highest BCUT2D eigenvalue weighted by Crippen LogP contribution is 2.22. The predicted molar refractivity (Wildman–Crippen MR) is 117 cm³/mol. The number of carbonyl (C=O) groups excluding carboxylic acids is 1. The van der Waals surface area contributed by atoms with Crippen molar-refractivity contribution in [2.75, 3.05) is 11.1 Å². The largest absolute Gasteiger partial charge is 0.382 e. The molecule has 29 heavy (non-hydrogen) atoms. The van der Waals surface area contributed by atoms with Crippen molar-refractivity contribution in [3.8, 4) is 5.75 Å². The standard InChI is InChI=1S/C22H30N2O4S/c1-6-18(5)24(22(25)23-21-16(3)9-8-10-17(21)4)15-19-11-13-20(14-12-19)28-29(26,27)7-2/h8-14,18H,6-7,15H2,1-5H3,(H,23,25). The van der Waals surface area contributed by atoms with E-state index in [1.807, 2.05) is 45.9 Å². The fourth-order valence-electron chi connectivity index (χ4n) is 2.89. The van der Waals surface area contributed by atoms with Crippen LogP contribution in [0.25, 0.3) is 0 Å². The number of anilines is 1. The summed E-state index contributed by atoms with van der Waals surface area (Å²) in [5, 5.41) is 3.05. The third-order valence-electron chi connectivity index (χ3n) is 4.95. The van der Waals surface area contributed by atoms with E-state index in [9.17, 15) is 13.2 Å². The molecule has 0 aliphatic carbocycles. The van der Waals surface area contributed by atoms with Crippen molar-refractivity contribution < 1.29 is 17.4 Å². The molecule has 1 atom stereocenters. The van der Waals surface area contributed by atoms with Gasteiger partial charge in [-0.3, -0.25) is 0 Å². The van der Waals surface area contributed by atoms with Crippen molar-refractivity contribution in [2.24, 2.45) is 0 Å². The summed E-state index contributed by atoms with van der Waals surface area (Å²) in [5.74, 6) is 0.181. The zero-order valence-electron chi connectivity index (χ0n) is 17.7. The Morgan fingerprint density at radius 3 is 2.17 bits per heavy atom. The number of rotatable bonds is 8. The van der Waals surface area contributed by atoms with Crippen molar-refractivity contribution in [1.29, 1.82) is 0 Å². The van der Waals surface area contributed by atoms with Crippen LogP contribution in [0.3, 0.4) is 0 Å². The third-order valence-corrected chi connectivity index (χ3v) is 6.10.